The van der Waals surface area contributed by atoms with Crippen molar-refractivity contribution in [2.45, 2.75) is 19.0 Å². The molecule has 0 aromatic carbocycles. The molecule has 3 N–H and O–H groups in total. The molecular weight excluding hydrogens is 210 g/mol. The van der Waals surface area contributed by atoms with Gasteiger partial charge in [0.2, 0.25) is 6.39 Å². The fraction of sp³-hybridized carbons (Fsp3) is 0.444. The Bertz CT molecular complexity index is 425. The Morgan fingerprint density at radius 3 is 3.12 bits per heavy atom. The summed E-state index contributed by atoms with van der Waals surface area (Å²) < 4.78 is 6.50. The number of rotatable bonds is 5. The monoisotopic (exact) mass is 223 g/mol. The van der Waals surface area contributed by atoms with Crippen molar-refractivity contribution in [1.29, 1.82) is 0 Å². The van der Waals surface area contributed by atoms with Gasteiger partial charge in [0.1, 0.15) is 0 Å². The van der Waals surface area contributed by atoms with Crippen LogP contribution in [0.5, 0.6) is 0 Å². The summed E-state index contributed by atoms with van der Waals surface area (Å²) >= 11 is 0. The fourth-order valence-corrected chi connectivity index (χ4v) is 1.44. The zero-order valence-corrected chi connectivity index (χ0v) is 8.65. The molecule has 0 spiro atoms. The zero-order chi connectivity index (χ0) is 11.4. The van der Waals surface area contributed by atoms with Crippen LogP contribution in [0.25, 0.3) is 0 Å². The minimum absolute atomic E-state index is 0.103. The summed E-state index contributed by atoms with van der Waals surface area (Å²) in [6.07, 6.45) is 5.25. The summed E-state index contributed by atoms with van der Waals surface area (Å²) in [7, 11) is 0. The third kappa shape index (κ3) is 2.26. The third-order valence-corrected chi connectivity index (χ3v) is 2.30. The average Bonchev–Trinajstić information content (AvgIpc) is 2.96. The van der Waals surface area contributed by atoms with Gasteiger partial charge in [0.05, 0.1) is 24.7 Å². The number of aliphatic hydroxyl groups excluding tert-OH is 1. The maximum Gasteiger partial charge on any atom is 0.213 e. The van der Waals surface area contributed by atoms with Crippen molar-refractivity contribution in [3.8, 4) is 0 Å². The van der Waals surface area contributed by atoms with Gasteiger partial charge in [-0.1, -0.05) is 5.16 Å². The standard InChI is InChI=1S/C9H13N5O2/c10-7(4-15)8-3-11-5-14(8)2-1-9-12-6-16-13-9/h3,5-7,15H,1-2,4,10H2. The van der Waals surface area contributed by atoms with E-state index < -0.39 is 6.04 Å². The largest absolute Gasteiger partial charge is 0.394 e. The highest BCUT2D eigenvalue weighted by molar-refractivity contribution is 5.04. The highest BCUT2D eigenvalue weighted by Crippen LogP contribution is 2.09. The van der Waals surface area contributed by atoms with Crippen molar-refractivity contribution in [3.05, 3.63) is 30.4 Å². The van der Waals surface area contributed by atoms with Crippen LogP contribution in [0.4, 0.5) is 0 Å². The van der Waals surface area contributed by atoms with E-state index in [4.69, 9.17) is 10.8 Å². The van der Waals surface area contributed by atoms with Gasteiger partial charge < -0.3 is 19.9 Å². The molecule has 2 heterocycles. The molecule has 0 saturated heterocycles. The van der Waals surface area contributed by atoms with Crippen LogP contribution < -0.4 is 5.73 Å². The molecule has 0 bridgehead atoms. The quantitative estimate of drug-likeness (QED) is 0.708. The highest BCUT2D eigenvalue weighted by Gasteiger charge is 2.10. The van der Waals surface area contributed by atoms with E-state index in [0.29, 0.717) is 18.8 Å². The van der Waals surface area contributed by atoms with E-state index in [2.05, 4.69) is 19.6 Å². The highest BCUT2D eigenvalue weighted by atomic mass is 16.5. The van der Waals surface area contributed by atoms with E-state index in [1.807, 2.05) is 4.57 Å². The van der Waals surface area contributed by atoms with Crippen LogP contribution in [0.15, 0.2) is 23.4 Å². The zero-order valence-electron chi connectivity index (χ0n) is 8.65. The van der Waals surface area contributed by atoms with E-state index in [1.165, 1.54) is 6.39 Å². The summed E-state index contributed by atoms with van der Waals surface area (Å²) in [4.78, 5) is 7.92. The van der Waals surface area contributed by atoms with E-state index in [1.54, 1.807) is 12.5 Å². The van der Waals surface area contributed by atoms with Gasteiger partial charge in [-0.2, -0.15) is 4.98 Å². The van der Waals surface area contributed by atoms with Crippen molar-refractivity contribution in [3.63, 3.8) is 0 Å². The van der Waals surface area contributed by atoms with Crippen LogP contribution in [0, 0.1) is 0 Å². The molecule has 86 valence electrons. The molecule has 2 rings (SSSR count). The van der Waals surface area contributed by atoms with Crippen LogP contribution in [0.1, 0.15) is 17.6 Å². The molecular formula is C9H13N5O2. The number of hydrogen-bond acceptors (Lipinski definition) is 6. The first-order valence-electron chi connectivity index (χ1n) is 4.93. The molecule has 1 unspecified atom stereocenters. The summed E-state index contributed by atoms with van der Waals surface area (Å²) in [5.41, 5.74) is 6.53. The van der Waals surface area contributed by atoms with Crippen molar-refractivity contribution in [1.82, 2.24) is 19.7 Å². The van der Waals surface area contributed by atoms with Crippen molar-refractivity contribution in [2.24, 2.45) is 5.73 Å². The van der Waals surface area contributed by atoms with Gasteiger partial charge >= 0.3 is 0 Å². The lowest BCUT2D eigenvalue weighted by Crippen LogP contribution is -2.19. The van der Waals surface area contributed by atoms with Crippen molar-refractivity contribution >= 4 is 0 Å². The molecule has 0 amide bonds. The number of nitrogens with two attached hydrogens (primary N) is 1. The number of hydrogen-bond donors (Lipinski definition) is 2. The van der Waals surface area contributed by atoms with Crippen LogP contribution in [0.3, 0.4) is 0 Å². The second-order valence-corrected chi connectivity index (χ2v) is 3.40. The Kier molecular flexibility index (Phi) is 3.28. The van der Waals surface area contributed by atoms with E-state index in [0.717, 1.165) is 5.69 Å². The molecule has 0 aliphatic rings. The summed E-state index contributed by atoms with van der Waals surface area (Å²) in [5, 5.41) is 12.7. The first-order chi connectivity index (χ1) is 7.81. The number of imidazole rings is 1. The number of aliphatic hydroxyl groups is 1. The molecule has 0 aliphatic carbocycles. The molecule has 7 nitrogen and oxygen atoms in total. The fourth-order valence-electron chi connectivity index (χ4n) is 1.44. The summed E-state index contributed by atoms with van der Waals surface area (Å²) in [5.74, 6) is 0.636. The Labute approximate surface area is 91.9 Å². The molecule has 1 atom stereocenters. The van der Waals surface area contributed by atoms with Crippen molar-refractivity contribution < 1.29 is 9.63 Å². The molecule has 0 aliphatic heterocycles. The molecule has 2 aromatic rings. The predicted octanol–water partition coefficient (Wildman–Crippen LogP) is -0.499. The lowest BCUT2D eigenvalue weighted by Gasteiger charge is -2.11. The number of nitrogens with zero attached hydrogens (tertiary/aromatic N) is 4. The molecule has 0 saturated carbocycles. The SMILES string of the molecule is NC(CO)c1cncn1CCc1ncon1. The van der Waals surface area contributed by atoms with Gasteiger partial charge in [0.25, 0.3) is 0 Å². The smallest absolute Gasteiger partial charge is 0.213 e. The topological polar surface area (TPSA) is 103 Å². The van der Waals surface area contributed by atoms with E-state index in [9.17, 15) is 0 Å². The maximum atomic E-state index is 8.98. The first-order valence-corrected chi connectivity index (χ1v) is 4.93. The van der Waals surface area contributed by atoms with Gasteiger partial charge in [-0.15, -0.1) is 0 Å². The molecule has 16 heavy (non-hydrogen) atoms. The Balaban J connectivity index is 2.01. The molecule has 0 fully saturated rings. The van der Waals surface area contributed by atoms with E-state index >= 15 is 0 Å². The minimum atomic E-state index is -0.409. The Morgan fingerprint density at radius 2 is 2.44 bits per heavy atom. The lowest BCUT2D eigenvalue weighted by atomic mass is 10.2. The van der Waals surface area contributed by atoms with Crippen molar-refractivity contribution in [2.75, 3.05) is 6.61 Å². The minimum Gasteiger partial charge on any atom is -0.394 e. The molecule has 0 radical (unpaired) electrons. The average molecular weight is 223 g/mol. The van der Waals surface area contributed by atoms with Crippen LogP contribution in [0.2, 0.25) is 0 Å². The third-order valence-electron chi connectivity index (χ3n) is 2.30. The molecule has 2 aromatic heterocycles. The number of aromatic nitrogens is 4. The molecule has 7 heteroatoms. The van der Waals surface area contributed by atoms with E-state index in [-0.39, 0.29) is 6.61 Å². The maximum absolute atomic E-state index is 8.98. The van der Waals surface area contributed by atoms with Crippen LogP contribution in [-0.4, -0.2) is 31.4 Å². The number of aryl methyl sites for hydroxylation is 2. The van der Waals surface area contributed by atoms with Gasteiger partial charge in [-0.25, -0.2) is 4.98 Å². The normalized spacial score (nSPS) is 12.9. The second kappa shape index (κ2) is 4.86. The summed E-state index contributed by atoms with van der Waals surface area (Å²) in [6, 6.07) is -0.409. The van der Waals surface area contributed by atoms with Gasteiger partial charge in [0, 0.05) is 19.2 Å². The van der Waals surface area contributed by atoms with Gasteiger partial charge in [-0.3, -0.25) is 0 Å². The van der Waals surface area contributed by atoms with Gasteiger partial charge in [-0.05, 0) is 0 Å². The first kappa shape index (κ1) is 10.8. The van der Waals surface area contributed by atoms with Crippen LogP contribution in [-0.2, 0) is 13.0 Å². The Morgan fingerprint density at radius 1 is 1.56 bits per heavy atom. The second-order valence-electron chi connectivity index (χ2n) is 3.40. The Hall–Kier alpha value is -1.73. The van der Waals surface area contributed by atoms with Gasteiger partial charge in [0.15, 0.2) is 5.82 Å². The lowest BCUT2D eigenvalue weighted by molar-refractivity contribution is 0.263. The summed E-state index contributed by atoms with van der Waals surface area (Å²) in [6.45, 7) is 0.552. The predicted molar refractivity (Wildman–Crippen MR) is 54.2 cm³/mol. The van der Waals surface area contributed by atoms with Crippen LogP contribution >= 0.6 is 0 Å².